The molecule has 1 atom stereocenters. The first-order chi connectivity index (χ1) is 7.97. The number of benzene rings is 1. The van der Waals surface area contributed by atoms with Crippen LogP contribution in [0.15, 0.2) is 24.3 Å². The fourth-order valence-corrected chi connectivity index (χ4v) is 2.42. The van der Waals surface area contributed by atoms with Crippen LogP contribution in [0.4, 0.5) is 5.69 Å². The highest BCUT2D eigenvalue weighted by Crippen LogP contribution is 2.40. The van der Waals surface area contributed by atoms with E-state index in [4.69, 9.17) is 5.73 Å². The summed E-state index contributed by atoms with van der Waals surface area (Å²) in [5.41, 5.74) is 8.12. The lowest BCUT2D eigenvalue weighted by Gasteiger charge is -2.23. The summed E-state index contributed by atoms with van der Waals surface area (Å²) >= 11 is 0. The molecule has 0 saturated carbocycles. The molecule has 0 fully saturated rings. The molecule has 0 unspecified atom stereocenters. The molecule has 2 N–H and O–H groups in total. The van der Waals surface area contributed by atoms with Crippen LogP contribution in [0.5, 0.6) is 0 Å². The van der Waals surface area contributed by atoms with Crippen LogP contribution in [0.2, 0.25) is 0 Å². The summed E-state index contributed by atoms with van der Waals surface area (Å²) in [6.07, 6.45) is 0.679. The zero-order valence-corrected chi connectivity index (χ0v) is 10.7. The Kier molecular flexibility index (Phi) is 2.96. The van der Waals surface area contributed by atoms with Gasteiger partial charge in [0.2, 0.25) is 5.91 Å². The molecule has 3 nitrogen and oxygen atoms in total. The summed E-state index contributed by atoms with van der Waals surface area (Å²) in [4.78, 5) is 14.1. The first-order valence-electron chi connectivity index (χ1n) is 6.14. The Morgan fingerprint density at radius 3 is 2.76 bits per heavy atom. The predicted octanol–water partition coefficient (Wildman–Crippen LogP) is 2.05. The summed E-state index contributed by atoms with van der Waals surface area (Å²) in [5, 5.41) is 0. The SMILES string of the molecule is CC[C@H](N)C(=O)N1CC(C)(C)c2ccccc21. The first-order valence-corrected chi connectivity index (χ1v) is 6.14. The van der Waals surface area contributed by atoms with Crippen LogP contribution in [0.25, 0.3) is 0 Å². The first kappa shape index (κ1) is 12.1. The third kappa shape index (κ3) is 1.95. The molecular weight excluding hydrogens is 212 g/mol. The number of nitrogens with zero attached hydrogens (tertiary/aromatic N) is 1. The van der Waals surface area contributed by atoms with E-state index in [2.05, 4.69) is 19.9 Å². The van der Waals surface area contributed by atoms with Gasteiger partial charge in [-0.2, -0.15) is 0 Å². The third-order valence-corrected chi connectivity index (χ3v) is 3.50. The zero-order valence-electron chi connectivity index (χ0n) is 10.7. The van der Waals surface area contributed by atoms with Gasteiger partial charge in [0.05, 0.1) is 6.04 Å². The molecule has 0 radical (unpaired) electrons. The standard InChI is InChI=1S/C14H20N2O/c1-4-11(15)13(17)16-9-14(2,3)10-7-5-6-8-12(10)16/h5-8,11H,4,9,15H2,1-3H3/t11-/m0/s1. The van der Waals surface area contributed by atoms with Crippen LogP contribution < -0.4 is 10.6 Å². The minimum absolute atomic E-state index is 0.0136. The van der Waals surface area contributed by atoms with E-state index in [9.17, 15) is 4.79 Å². The van der Waals surface area contributed by atoms with E-state index in [0.29, 0.717) is 6.42 Å². The number of para-hydroxylation sites is 1. The number of anilines is 1. The molecule has 1 aromatic carbocycles. The quantitative estimate of drug-likeness (QED) is 0.848. The van der Waals surface area contributed by atoms with Gasteiger partial charge in [-0.3, -0.25) is 4.79 Å². The molecule has 1 aromatic rings. The van der Waals surface area contributed by atoms with Gasteiger partial charge in [0.15, 0.2) is 0 Å². The minimum atomic E-state index is -0.392. The van der Waals surface area contributed by atoms with Crippen molar-refractivity contribution in [3.8, 4) is 0 Å². The van der Waals surface area contributed by atoms with Gasteiger partial charge in [-0.1, -0.05) is 39.0 Å². The number of fused-ring (bicyclic) bond motifs is 1. The molecule has 17 heavy (non-hydrogen) atoms. The average Bonchev–Trinajstić information content (AvgIpc) is 2.60. The van der Waals surface area contributed by atoms with Crippen molar-refractivity contribution < 1.29 is 4.79 Å². The van der Waals surface area contributed by atoms with Crippen molar-refractivity contribution in [3.05, 3.63) is 29.8 Å². The average molecular weight is 232 g/mol. The Morgan fingerprint density at radius 1 is 1.47 bits per heavy atom. The maximum Gasteiger partial charge on any atom is 0.243 e. The summed E-state index contributed by atoms with van der Waals surface area (Å²) in [6, 6.07) is 7.70. The van der Waals surface area contributed by atoms with Crippen molar-refractivity contribution in [2.45, 2.75) is 38.6 Å². The molecule has 1 aliphatic heterocycles. The van der Waals surface area contributed by atoms with E-state index in [1.807, 2.05) is 30.0 Å². The summed E-state index contributed by atoms with van der Waals surface area (Å²) in [6.45, 7) is 6.99. The lowest BCUT2D eigenvalue weighted by atomic mass is 9.87. The molecule has 92 valence electrons. The van der Waals surface area contributed by atoms with Crippen LogP contribution >= 0.6 is 0 Å². The fourth-order valence-electron chi connectivity index (χ4n) is 2.42. The third-order valence-electron chi connectivity index (χ3n) is 3.50. The highest BCUT2D eigenvalue weighted by molar-refractivity contribution is 5.99. The zero-order chi connectivity index (χ0) is 12.6. The van der Waals surface area contributed by atoms with E-state index in [0.717, 1.165) is 12.2 Å². The van der Waals surface area contributed by atoms with Gasteiger partial charge >= 0.3 is 0 Å². The normalized spacial score (nSPS) is 18.9. The number of hydrogen-bond donors (Lipinski definition) is 1. The lowest BCUT2D eigenvalue weighted by Crippen LogP contribution is -2.44. The van der Waals surface area contributed by atoms with Crippen molar-refractivity contribution in [3.63, 3.8) is 0 Å². The van der Waals surface area contributed by atoms with Crippen LogP contribution in [-0.2, 0) is 10.2 Å². The second kappa shape index (κ2) is 4.15. The minimum Gasteiger partial charge on any atom is -0.320 e. The summed E-state index contributed by atoms with van der Waals surface area (Å²) in [5.74, 6) is 0.0329. The molecule has 2 rings (SSSR count). The number of rotatable bonds is 2. The van der Waals surface area contributed by atoms with Crippen molar-refractivity contribution in [2.75, 3.05) is 11.4 Å². The predicted molar refractivity (Wildman–Crippen MR) is 70.1 cm³/mol. The molecule has 0 spiro atoms. The maximum absolute atomic E-state index is 12.2. The molecule has 0 aliphatic carbocycles. The largest absolute Gasteiger partial charge is 0.320 e. The van der Waals surface area contributed by atoms with E-state index in [1.165, 1.54) is 5.56 Å². The van der Waals surface area contributed by atoms with Gasteiger partial charge in [-0.15, -0.1) is 0 Å². The van der Waals surface area contributed by atoms with Gasteiger partial charge in [0.1, 0.15) is 0 Å². The van der Waals surface area contributed by atoms with Crippen LogP contribution in [0, 0.1) is 0 Å². The van der Waals surface area contributed by atoms with Gasteiger partial charge in [0, 0.05) is 17.6 Å². The van der Waals surface area contributed by atoms with E-state index >= 15 is 0 Å². The highest BCUT2D eigenvalue weighted by atomic mass is 16.2. The van der Waals surface area contributed by atoms with Crippen molar-refractivity contribution in [2.24, 2.45) is 5.73 Å². The molecular formula is C14H20N2O. The number of amides is 1. The van der Waals surface area contributed by atoms with Crippen molar-refractivity contribution >= 4 is 11.6 Å². The Morgan fingerprint density at radius 2 is 2.12 bits per heavy atom. The molecule has 1 heterocycles. The number of carbonyl (C=O) groups excluding carboxylic acids is 1. The van der Waals surface area contributed by atoms with Gasteiger partial charge in [-0.05, 0) is 18.1 Å². The Labute approximate surface area is 103 Å². The molecule has 0 bridgehead atoms. The smallest absolute Gasteiger partial charge is 0.243 e. The van der Waals surface area contributed by atoms with Crippen LogP contribution in [0.3, 0.4) is 0 Å². The summed E-state index contributed by atoms with van der Waals surface area (Å²) < 4.78 is 0. The van der Waals surface area contributed by atoms with Crippen LogP contribution in [0.1, 0.15) is 32.8 Å². The van der Waals surface area contributed by atoms with Gasteiger partial charge < -0.3 is 10.6 Å². The van der Waals surface area contributed by atoms with E-state index in [-0.39, 0.29) is 11.3 Å². The number of hydrogen-bond acceptors (Lipinski definition) is 2. The molecule has 1 amide bonds. The second-order valence-electron chi connectivity index (χ2n) is 5.34. The van der Waals surface area contributed by atoms with Gasteiger partial charge in [0.25, 0.3) is 0 Å². The topological polar surface area (TPSA) is 46.3 Å². The highest BCUT2D eigenvalue weighted by Gasteiger charge is 2.38. The maximum atomic E-state index is 12.2. The number of nitrogens with two attached hydrogens (primary N) is 1. The molecule has 1 aliphatic rings. The van der Waals surface area contributed by atoms with Crippen LogP contribution in [-0.4, -0.2) is 18.5 Å². The fraction of sp³-hybridized carbons (Fsp3) is 0.500. The van der Waals surface area contributed by atoms with Crippen molar-refractivity contribution in [1.29, 1.82) is 0 Å². The molecule has 0 aromatic heterocycles. The van der Waals surface area contributed by atoms with E-state index < -0.39 is 6.04 Å². The summed E-state index contributed by atoms with van der Waals surface area (Å²) in [7, 11) is 0. The Bertz CT molecular complexity index is 440. The lowest BCUT2D eigenvalue weighted by molar-refractivity contribution is -0.119. The van der Waals surface area contributed by atoms with Crippen molar-refractivity contribution in [1.82, 2.24) is 0 Å². The Hall–Kier alpha value is -1.35. The molecule has 3 heteroatoms. The second-order valence-corrected chi connectivity index (χ2v) is 5.34. The molecule has 0 saturated heterocycles. The Balaban J connectivity index is 2.38. The monoisotopic (exact) mass is 232 g/mol. The van der Waals surface area contributed by atoms with E-state index in [1.54, 1.807) is 0 Å². The van der Waals surface area contributed by atoms with Gasteiger partial charge in [-0.25, -0.2) is 0 Å². The number of carbonyl (C=O) groups is 1.